The summed E-state index contributed by atoms with van der Waals surface area (Å²) in [4.78, 5) is 23.2. The van der Waals surface area contributed by atoms with E-state index in [0.29, 0.717) is 22.4 Å². The zero-order chi connectivity index (χ0) is 19.2. The van der Waals surface area contributed by atoms with E-state index in [1.165, 1.54) is 42.6 Å². The lowest BCUT2D eigenvalue weighted by Gasteiger charge is -2.20. The minimum atomic E-state index is -0.158. The van der Waals surface area contributed by atoms with Gasteiger partial charge in [0.25, 0.3) is 0 Å². The van der Waals surface area contributed by atoms with Gasteiger partial charge in [0.05, 0.1) is 5.75 Å². The Labute approximate surface area is 162 Å². The third-order valence-electron chi connectivity index (χ3n) is 4.48. The monoisotopic (exact) mass is 388 g/mol. The summed E-state index contributed by atoms with van der Waals surface area (Å²) in [5.74, 6) is 7.20. The van der Waals surface area contributed by atoms with Gasteiger partial charge in [-0.2, -0.15) is 0 Å². The molecule has 1 heterocycles. The number of hydrogen-bond acceptors (Lipinski definition) is 6. The third kappa shape index (κ3) is 5.22. The topological polar surface area (TPSA) is 115 Å². The molecule has 1 aliphatic carbocycles. The quantitative estimate of drug-likeness (QED) is 0.518. The predicted molar refractivity (Wildman–Crippen MR) is 106 cm³/mol. The molecule has 4 N–H and O–H groups in total. The van der Waals surface area contributed by atoms with Gasteiger partial charge in [-0.15, -0.1) is 10.2 Å². The largest absolute Gasteiger partial charge is 0.336 e. The number of rotatable bonds is 6. The number of thioether (sulfide) groups is 1. The van der Waals surface area contributed by atoms with Crippen LogP contribution < -0.4 is 16.5 Å². The molecular weight excluding hydrogens is 364 g/mol. The van der Waals surface area contributed by atoms with Gasteiger partial charge in [-0.25, -0.2) is 4.68 Å². The van der Waals surface area contributed by atoms with Gasteiger partial charge in [0.15, 0.2) is 5.82 Å². The van der Waals surface area contributed by atoms with Gasteiger partial charge < -0.3 is 16.5 Å². The van der Waals surface area contributed by atoms with Gasteiger partial charge in [0.2, 0.25) is 17.0 Å². The van der Waals surface area contributed by atoms with E-state index in [1.54, 1.807) is 24.3 Å². The Morgan fingerprint density at radius 3 is 2.37 bits per heavy atom. The molecule has 3 rings (SSSR count). The zero-order valence-electron chi connectivity index (χ0n) is 15.3. The van der Waals surface area contributed by atoms with E-state index in [2.05, 4.69) is 20.8 Å². The first kappa shape index (κ1) is 19.2. The van der Waals surface area contributed by atoms with Crippen molar-refractivity contribution in [2.75, 3.05) is 22.2 Å². The van der Waals surface area contributed by atoms with Crippen LogP contribution in [0.3, 0.4) is 0 Å². The molecule has 9 heteroatoms. The molecule has 0 unspecified atom stereocenters. The number of nitrogen functional groups attached to an aromatic ring is 1. The average molecular weight is 388 g/mol. The Bertz CT molecular complexity index is 799. The van der Waals surface area contributed by atoms with E-state index < -0.39 is 0 Å². The van der Waals surface area contributed by atoms with Crippen LogP contribution in [0.5, 0.6) is 0 Å². The number of amides is 2. The molecule has 1 aromatic carbocycles. The smallest absolute Gasteiger partial charge is 0.234 e. The first-order valence-corrected chi connectivity index (χ1v) is 10.0. The second kappa shape index (κ2) is 8.90. The van der Waals surface area contributed by atoms with Gasteiger partial charge >= 0.3 is 0 Å². The molecule has 2 aromatic rings. The molecule has 0 atom stereocenters. The molecule has 8 nitrogen and oxygen atoms in total. The van der Waals surface area contributed by atoms with Crippen LogP contribution in [-0.2, 0) is 9.59 Å². The summed E-state index contributed by atoms with van der Waals surface area (Å²) in [5.41, 5.74) is 1.34. The van der Waals surface area contributed by atoms with E-state index in [1.807, 2.05) is 0 Å². The van der Waals surface area contributed by atoms with Crippen LogP contribution in [0.4, 0.5) is 11.4 Å². The summed E-state index contributed by atoms with van der Waals surface area (Å²) in [6, 6.07) is 6.94. The Hall–Kier alpha value is -2.55. The van der Waals surface area contributed by atoms with Crippen molar-refractivity contribution in [3.63, 3.8) is 0 Å². The molecule has 0 spiro atoms. The first-order chi connectivity index (χ1) is 13.0. The molecular formula is C18H24N6O2S. The highest BCUT2D eigenvalue weighted by Crippen LogP contribution is 2.32. The number of nitrogens with two attached hydrogens (primary N) is 1. The summed E-state index contributed by atoms with van der Waals surface area (Å²) < 4.78 is 1.52. The van der Waals surface area contributed by atoms with Crippen LogP contribution in [0.25, 0.3) is 0 Å². The highest BCUT2D eigenvalue weighted by molar-refractivity contribution is 7.99. The lowest BCUT2D eigenvalue weighted by Crippen LogP contribution is -2.19. The molecule has 1 aliphatic rings. The van der Waals surface area contributed by atoms with Gasteiger partial charge in [-0.05, 0) is 37.1 Å². The van der Waals surface area contributed by atoms with E-state index in [9.17, 15) is 9.59 Å². The standard InChI is InChI=1S/C18H24N6O2S/c1-12(25)20-14-7-9-15(10-8-14)21-16(26)11-27-18-23-22-17(24(18)19)13-5-3-2-4-6-13/h7-10,13H,2-6,11,19H2,1H3,(H,20,25)(H,21,26). The van der Waals surface area contributed by atoms with Crippen molar-refractivity contribution in [3.05, 3.63) is 30.1 Å². The van der Waals surface area contributed by atoms with Crippen molar-refractivity contribution >= 4 is 35.0 Å². The van der Waals surface area contributed by atoms with Crippen LogP contribution >= 0.6 is 11.8 Å². The maximum atomic E-state index is 12.2. The Balaban J connectivity index is 1.52. The number of anilines is 2. The fourth-order valence-electron chi connectivity index (χ4n) is 3.19. The van der Waals surface area contributed by atoms with E-state index in [-0.39, 0.29) is 17.6 Å². The van der Waals surface area contributed by atoms with Gasteiger partial charge in [0, 0.05) is 24.2 Å². The van der Waals surface area contributed by atoms with Crippen LogP contribution in [0.1, 0.15) is 50.8 Å². The van der Waals surface area contributed by atoms with Crippen LogP contribution in [-0.4, -0.2) is 32.4 Å². The van der Waals surface area contributed by atoms with E-state index in [4.69, 9.17) is 5.84 Å². The summed E-state index contributed by atoms with van der Waals surface area (Å²) in [6.07, 6.45) is 5.85. The van der Waals surface area contributed by atoms with E-state index in [0.717, 1.165) is 18.7 Å². The highest BCUT2D eigenvalue weighted by Gasteiger charge is 2.22. The van der Waals surface area contributed by atoms with Crippen LogP contribution in [0.2, 0.25) is 0 Å². The number of nitrogens with one attached hydrogen (secondary N) is 2. The van der Waals surface area contributed by atoms with Crippen molar-refractivity contribution in [1.82, 2.24) is 14.9 Å². The maximum Gasteiger partial charge on any atom is 0.234 e. The minimum absolute atomic E-state index is 0.137. The SMILES string of the molecule is CC(=O)Nc1ccc(NC(=O)CSc2nnc(C3CCCCC3)n2N)cc1. The first-order valence-electron chi connectivity index (χ1n) is 9.03. The molecule has 0 aliphatic heterocycles. The molecule has 0 radical (unpaired) electrons. The lowest BCUT2D eigenvalue weighted by molar-refractivity contribution is -0.114. The summed E-state index contributed by atoms with van der Waals surface area (Å²) >= 11 is 1.27. The van der Waals surface area contributed by atoms with E-state index >= 15 is 0 Å². The highest BCUT2D eigenvalue weighted by atomic mass is 32.2. The fourth-order valence-corrected chi connectivity index (χ4v) is 3.86. The second-order valence-corrected chi connectivity index (χ2v) is 7.58. The molecule has 1 saturated carbocycles. The molecule has 27 heavy (non-hydrogen) atoms. The number of carbonyl (C=O) groups is 2. The normalized spacial score (nSPS) is 14.7. The van der Waals surface area contributed by atoms with Gasteiger partial charge in [-0.1, -0.05) is 31.0 Å². The molecule has 1 aromatic heterocycles. The van der Waals surface area contributed by atoms with Gasteiger partial charge in [0.1, 0.15) is 0 Å². The van der Waals surface area contributed by atoms with Crippen molar-refractivity contribution in [2.24, 2.45) is 0 Å². The lowest BCUT2D eigenvalue weighted by atomic mass is 9.89. The number of benzene rings is 1. The second-order valence-electron chi connectivity index (χ2n) is 6.64. The average Bonchev–Trinajstić information content (AvgIpc) is 3.02. The number of carbonyl (C=O) groups excluding carboxylic acids is 2. The molecule has 0 bridgehead atoms. The summed E-state index contributed by atoms with van der Waals surface area (Å²) in [6.45, 7) is 1.45. The Kier molecular flexibility index (Phi) is 6.33. The van der Waals surface area contributed by atoms with Crippen molar-refractivity contribution in [3.8, 4) is 0 Å². The summed E-state index contributed by atoms with van der Waals surface area (Å²) in [7, 11) is 0. The van der Waals surface area contributed by atoms with Crippen molar-refractivity contribution in [1.29, 1.82) is 0 Å². The predicted octanol–water partition coefficient (Wildman–Crippen LogP) is 2.73. The Morgan fingerprint density at radius 1 is 1.11 bits per heavy atom. The van der Waals surface area contributed by atoms with Crippen molar-refractivity contribution in [2.45, 2.75) is 50.1 Å². The van der Waals surface area contributed by atoms with Crippen LogP contribution in [0, 0.1) is 0 Å². The minimum Gasteiger partial charge on any atom is -0.336 e. The molecule has 144 valence electrons. The van der Waals surface area contributed by atoms with Crippen molar-refractivity contribution < 1.29 is 9.59 Å². The number of hydrogen-bond donors (Lipinski definition) is 3. The molecule has 1 fully saturated rings. The Morgan fingerprint density at radius 2 is 1.74 bits per heavy atom. The fraction of sp³-hybridized carbons (Fsp3) is 0.444. The maximum absolute atomic E-state index is 12.2. The summed E-state index contributed by atoms with van der Waals surface area (Å²) in [5, 5.41) is 14.4. The number of nitrogens with zero attached hydrogens (tertiary/aromatic N) is 3. The van der Waals surface area contributed by atoms with Gasteiger partial charge in [-0.3, -0.25) is 9.59 Å². The van der Waals surface area contributed by atoms with Crippen LogP contribution in [0.15, 0.2) is 29.4 Å². The molecule has 2 amide bonds. The molecule has 0 saturated heterocycles. The zero-order valence-corrected chi connectivity index (χ0v) is 16.1. The third-order valence-corrected chi connectivity index (χ3v) is 5.43. The number of aromatic nitrogens is 3.